The second kappa shape index (κ2) is 11.6. The van der Waals surface area contributed by atoms with Gasteiger partial charge in [-0.1, -0.05) is 23.9 Å². The van der Waals surface area contributed by atoms with E-state index in [1.807, 2.05) is 0 Å². The summed E-state index contributed by atoms with van der Waals surface area (Å²) in [4.78, 5) is 38.6. The molecule has 14 heteroatoms. The van der Waals surface area contributed by atoms with Gasteiger partial charge in [-0.15, -0.1) is 21.5 Å². The van der Waals surface area contributed by atoms with Crippen LogP contribution in [0.15, 0.2) is 29.4 Å². The molecule has 0 fully saturated rings. The first-order valence-corrected chi connectivity index (χ1v) is 13.5. The number of carbonyl (C=O) groups excluding carboxylic acids is 3. The van der Waals surface area contributed by atoms with Gasteiger partial charge in [0.2, 0.25) is 5.91 Å². The summed E-state index contributed by atoms with van der Waals surface area (Å²) in [6, 6.07) is 4.51. The van der Waals surface area contributed by atoms with Crippen LogP contribution < -0.4 is 10.6 Å². The molecule has 9 nitrogen and oxygen atoms in total. The molecule has 1 aliphatic carbocycles. The minimum Gasteiger partial charge on any atom is -0.462 e. The van der Waals surface area contributed by atoms with Crippen LogP contribution in [0, 0.1) is 0 Å². The molecule has 0 unspecified atom stereocenters. The van der Waals surface area contributed by atoms with Crippen molar-refractivity contribution >= 4 is 45.9 Å². The highest BCUT2D eigenvalue weighted by atomic mass is 32.2. The predicted molar refractivity (Wildman–Crippen MR) is 135 cm³/mol. The zero-order chi connectivity index (χ0) is 27.4. The third-order valence-electron chi connectivity index (χ3n) is 5.80. The van der Waals surface area contributed by atoms with E-state index in [2.05, 4.69) is 20.8 Å². The number of halogens is 3. The number of aryl methyl sites for hydroxylation is 1. The number of hydrogen-bond acceptors (Lipinski definition) is 8. The van der Waals surface area contributed by atoms with Gasteiger partial charge >= 0.3 is 12.1 Å². The third-order valence-corrected chi connectivity index (χ3v) is 8.02. The van der Waals surface area contributed by atoms with Gasteiger partial charge in [0.1, 0.15) is 5.00 Å². The Bertz CT molecular complexity index is 1370. The standard InChI is InChI=1S/C24H24F3N5O4S2/c1-3-36-22(35)19-14-8-6-10-16(14)38-21(19)29-18(33)12-37-23-31-30-17(32(23)2)11-28-20(34)13-7-4-5-9-15(13)24(25,26)27/h4-5,7,9H,3,6,8,10-12H2,1-2H3,(H,28,34)(H,29,33). The molecular weight excluding hydrogens is 543 g/mol. The molecule has 0 radical (unpaired) electrons. The van der Waals surface area contributed by atoms with Crippen LogP contribution in [0.3, 0.4) is 0 Å². The molecule has 0 saturated carbocycles. The highest BCUT2D eigenvalue weighted by Crippen LogP contribution is 2.39. The number of thioether (sulfide) groups is 1. The number of rotatable bonds is 9. The van der Waals surface area contributed by atoms with Crippen LogP contribution in [0.5, 0.6) is 0 Å². The van der Waals surface area contributed by atoms with Gasteiger partial charge in [-0.05, 0) is 43.9 Å². The predicted octanol–water partition coefficient (Wildman–Crippen LogP) is 4.22. The van der Waals surface area contributed by atoms with Crippen molar-refractivity contribution in [1.29, 1.82) is 0 Å². The number of hydrogen-bond donors (Lipinski definition) is 2. The van der Waals surface area contributed by atoms with Crippen LogP contribution >= 0.6 is 23.1 Å². The summed E-state index contributed by atoms with van der Waals surface area (Å²) in [5.41, 5.74) is -0.157. The van der Waals surface area contributed by atoms with E-state index in [-0.39, 0.29) is 24.8 Å². The molecule has 0 spiro atoms. The molecule has 2 amide bonds. The second-order valence-corrected chi connectivity index (χ2v) is 10.4. The van der Waals surface area contributed by atoms with Crippen molar-refractivity contribution in [1.82, 2.24) is 20.1 Å². The summed E-state index contributed by atoms with van der Waals surface area (Å²) in [6.45, 7) is 1.79. The van der Waals surface area contributed by atoms with E-state index >= 15 is 0 Å². The maximum Gasteiger partial charge on any atom is 0.417 e. The largest absolute Gasteiger partial charge is 0.462 e. The zero-order valence-electron chi connectivity index (χ0n) is 20.5. The maximum absolute atomic E-state index is 13.2. The van der Waals surface area contributed by atoms with Gasteiger partial charge in [0, 0.05) is 11.9 Å². The summed E-state index contributed by atoms with van der Waals surface area (Å²) in [7, 11) is 1.62. The number of amides is 2. The summed E-state index contributed by atoms with van der Waals surface area (Å²) >= 11 is 2.48. The van der Waals surface area contributed by atoms with Crippen LogP contribution in [-0.2, 0) is 42.1 Å². The van der Waals surface area contributed by atoms with Crippen molar-refractivity contribution in [2.24, 2.45) is 7.05 Å². The fraction of sp³-hybridized carbons (Fsp3) is 0.375. The van der Waals surface area contributed by atoms with Crippen molar-refractivity contribution in [3.63, 3.8) is 0 Å². The fourth-order valence-corrected chi connectivity index (χ4v) is 6.04. The van der Waals surface area contributed by atoms with Crippen molar-refractivity contribution in [2.75, 3.05) is 17.7 Å². The smallest absolute Gasteiger partial charge is 0.417 e. The van der Waals surface area contributed by atoms with Crippen LogP contribution in [0.1, 0.15) is 55.9 Å². The van der Waals surface area contributed by atoms with Gasteiger partial charge < -0.3 is 19.9 Å². The number of aromatic nitrogens is 3. The van der Waals surface area contributed by atoms with Crippen molar-refractivity contribution < 1.29 is 32.3 Å². The average Bonchev–Trinajstić information content (AvgIpc) is 3.55. The van der Waals surface area contributed by atoms with Crippen LogP contribution in [0.2, 0.25) is 0 Å². The molecular formula is C24H24F3N5O4S2. The Labute approximate surface area is 224 Å². The zero-order valence-corrected chi connectivity index (χ0v) is 22.1. The van der Waals surface area contributed by atoms with Crippen LogP contribution in [0.4, 0.5) is 18.2 Å². The van der Waals surface area contributed by atoms with Gasteiger partial charge in [-0.25, -0.2) is 4.79 Å². The van der Waals surface area contributed by atoms with Gasteiger partial charge in [0.05, 0.1) is 35.6 Å². The summed E-state index contributed by atoms with van der Waals surface area (Å²) in [5, 5.41) is 14.1. The van der Waals surface area contributed by atoms with Gasteiger partial charge in [0.25, 0.3) is 5.91 Å². The number of nitrogens with zero attached hydrogens (tertiary/aromatic N) is 3. The third kappa shape index (κ3) is 6.01. The molecule has 2 heterocycles. The Balaban J connectivity index is 1.36. The molecule has 0 atom stereocenters. The molecule has 2 N–H and O–H groups in total. The second-order valence-electron chi connectivity index (χ2n) is 8.30. The van der Waals surface area contributed by atoms with Crippen molar-refractivity contribution in [2.45, 2.75) is 44.1 Å². The van der Waals surface area contributed by atoms with Gasteiger partial charge in [-0.2, -0.15) is 13.2 Å². The number of ether oxygens (including phenoxy) is 1. The minimum absolute atomic E-state index is 0.0257. The number of esters is 1. The summed E-state index contributed by atoms with van der Waals surface area (Å²) in [6.07, 6.45) is -2.08. The van der Waals surface area contributed by atoms with E-state index < -0.39 is 29.2 Å². The highest BCUT2D eigenvalue weighted by molar-refractivity contribution is 7.99. The number of nitrogens with one attached hydrogen (secondary N) is 2. The molecule has 1 aromatic carbocycles. The van der Waals surface area contributed by atoms with E-state index in [4.69, 9.17) is 4.74 Å². The van der Waals surface area contributed by atoms with E-state index in [1.165, 1.54) is 28.0 Å². The molecule has 0 saturated heterocycles. The number of carbonyl (C=O) groups is 3. The fourth-order valence-electron chi connectivity index (χ4n) is 4.01. The van der Waals surface area contributed by atoms with E-state index in [1.54, 1.807) is 14.0 Å². The van der Waals surface area contributed by atoms with Crippen LogP contribution in [-0.4, -0.2) is 44.9 Å². The Morgan fingerprint density at radius 3 is 2.68 bits per heavy atom. The quantitative estimate of drug-likeness (QED) is 0.294. The SMILES string of the molecule is CCOC(=O)c1c(NC(=O)CSc2nnc(CNC(=O)c3ccccc3C(F)(F)F)n2C)sc2c1CCC2. The lowest BCUT2D eigenvalue weighted by Gasteiger charge is -2.12. The molecule has 38 heavy (non-hydrogen) atoms. The normalized spacial score (nSPS) is 12.8. The molecule has 0 bridgehead atoms. The number of benzene rings is 1. The first-order chi connectivity index (χ1) is 18.1. The van der Waals surface area contributed by atoms with Crippen molar-refractivity contribution in [3.8, 4) is 0 Å². The first-order valence-electron chi connectivity index (χ1n) is 11.7. The molecule has 1 aliphatic rings. The van der Waals surface area contributed by atoms with Crippen molar-refractivity contribution in [3.05, 3.63) is 57.2 Å². The van der Waals surface area contributed by atoms with Gasteiger partial charge in [0.15, 0.2) is 11.0 Å². The van der Waals surface area contributed by atoms with E-state index in [0.29, 0.717) is 21.5 Å². The lowest BCUT2D eigenvalue weighted by Crippen LogP contribution is -2.27. The van der Waals surface area contributed by atoms with E-state index in [0.717, 1.165) is 53.6 Å². The Kier molecular flexibility index (Phi) is 8.41. The Morgan fingerprint density at radius 2 is 1.95 bits per heavy atom. The summed E-state index contributed by atoms with van der Waals surface area (Å²) < 4.78 is 46.3. The number of anilines is 1. The molecule has 202 valence electrons. The molecule has 3 aromatic rings. The first kappa shape index (κ1) is 27.6. The van der Waals surface area contributed by atoms with Crippen LogP contribution in [0.25, 0.3) is 0 Å². The summed E-state index contributed by atoms with van der Waals surface area (Å²) in [5.74, 6) is -1.42. The Morgan fingerprint density at radius 1 is 1.18 bits per heavy atom. The number of fused-ring (bicyclic) bond motifs is 1. The topological polar surface area (TPSA) is 115 Å². The highest BCUT2D eigenvalue weighted by Gasteiger charge is 2.35. The lowest BCUT2D eigenvalue weighted by atomic mass is 10.1. The van der Waals surface area contributed by atoms with E-state index in [9.17, 15) is 27.6 Å². The monoisotopic (exact) mass is 567 g/mol. The maximum atomic E-state index is 13.2. The minimum atomic E-state index is -4.66. The lowest BCUT2D eigenvalue weighted by molar-refractivity contribution is -0.138. The Hall–Kier alpha value is -3.39. The molecule has 2 aromatic heterocycles. The number of thiophene rings is 1. The molecule has 4 rings (SSSR count). The molecule has 0 aliphatic heterocycles. The van der Waals surface area contributed by atoms with Gasteiger partial charge in [-0.3, -0.25) is 9.59 Å². The number of alkyl halides is 3. The average molecular weight is 568 g/mol.